The van der Waals surface area contributed by atoms with E-state index in [1.54, 1.807) is 0 Å². The van der Waals surface area contributed by atoms with Crippen LogP contribution in [0, 0.1) is 5.82 Å². The van der Waals surface area contributed by atoms with Crippen LogP contribution < -0.4 is 4.74 Å². The Morgan fingerprint density at radius 3 is 3.12 bits per heavy atom. The molecule has 128 valence electrons. The molecule has 1 aromatic heterocycles. The second kappa shape index (κ2) is 6.51. The molecule has 2 aliphatic heterocycles. The summed E-state index contributed by atoms with van der Waals surface area (Å²) in [6.45, 7) is 1.07. The zero-order valence-corrected chi connectivity index (χ0v) is 13.5. The maximum Gasteiger partial charge on any atom is 0.250 e. The molecule has 6 heteroatoms. The molecule has 3 atom stereocenters. The summed E-state index contributed by atoms with van der Waals surface area (Å²) in [5.74, 6) is -0.432. The van der Waals surface area contributed by atoms with E-state index in [0.717, 1.165) is 37.7 Å². The number of allylic oxidation sites excluding steroid dienone is 1. The molecule has 4 rings (SSSR count). The van der Waals surface area contributed by atoms with Crippen molar-refractivity contribution in [3.8, 4) is 5.88 Å². The number of carbonyl (C=O) groups excluding carboxylic acids is 1. The third kappa shape index (κ3) is 2.79. The van der Waals surface area contributed by atoms with Crippen molar-refractivity contribution < 1.29 is 18.7 Å². The van der Waals surface area contributed by atoms with Crippen molar-refractivity contribution in [3.63, 3.8) is 0 Å². The van der Waals surface area contributed by atoms with Crippen LogP contribution in [0.2, 0.25) is 0 Å². The normalized spacial score (nSPS) is 29.3. The summed E-state index contributed by atoms with van der Waals surface area (Å²) in [7, 11) is 0. The fourth-order valence-corrected chi connectivity index (χ4v) is 3.90. The highest BCUT2D eigenvalue weighted by atomic mass is 19.1. The van der Waals surface area contributed by atoms with Crippen molar-refractivity contribution in [1.82, 2.24) is 9.88 Å². The first-order valence-corrected chi connectivity index (χ1v) is 8.63. The lowest BCUT2D eigenvalue weighted by Crippen LogP contribution is -2.44. The standard InChI is InChI=1S/C18H21FN2O3/c19-13-7-3-9-20-17(13)24-15-11-21(14-8-4-10-23-16(14)15)18(22)12-5-1-2-6-12/h3,5,7,9,14-16H,1-2,4,6,8,10-11H2/t14-,15+,16+/m0/s1. The quantitative estimate of drug-likeness (QED) is 0.853. The molecular weight excluding hydrogens is 311 g/mol. The van der Waals surface area contributed by atoms with Crippen LogP contribution in [-0.4, -0.2) is 47.2 Å². The van der Waals surface area contributed by atoms with Crippen LogP contribution in [0.1, 0.15) is 32.1 Å². The topological polar surface area (TPSA) is 51.7 Å². The molecule has 2 fully saturated rings. The molecule has 0 spiro atoms. The number of rotatable bonds is 3. The van der Waals surface area contributed by atoms with Crippen molar-refractivity contribution >= 4 is 5.91 Å². The lowest BCUT2D eigenvalue weighted by atomic mass is 10.0. The van der Waals surface area contributed by atoms with Crippen molar-refractivity contribution in [3.05, 3.63) is 35.8 Å². The van der Waals surface area contributed by atoms with Gasteiger partial charge in [-0.1, -0.05) is 6.08 Å². The average Bonchev–Trinajstić information content (AvgIpc) is 3.25. The Labute approximate surface area is 140 Å². The highest BCUT2D eigenvalue weighted by molar-refractivity contribution is 5.94. The number of hydrogen-bond acceptors (Lipinski definition) is 4. The maximum atomic E-state index is 13.9. The second-order valence-electron chi connectivity index (χ2n) is 6.57. The van der Waals surface area contributed by atoms with E-state index in [4.69, 9.17) is 9.47 Å². The number of amides is 1. The molecular formula is C18H21FN2O3. The molecule has 0 aromatic carbocycles. The Balaban J connectivity index is 1.55. The molecule has 0 saturated carbocycles. The fraction of sp³-hybridized carbons (Fsp3) is 0.556. The average molecular weight is 332 g/mol. The fourth-order valence-electron chi connectivity index (χ4n) is 3.90. The van der Waals surface area contributed by atoms with Crippen LogP contribution in [0.5, 0.6) is 5.88 Å². The van der Waals surface area contributed by atoms with E-state index in [1.807, 2.05) is 11.0 Å². The summed E-state index contributed by atoms with van der Waals surface area (Å²) in [5, 5.41) is 0. The molecule has 24 heavy (non-hydrogen) atoms. The molecule has 3 aliphatic rings. The molecule has 5 nitrogen and oxygen atoms in total. The molecule has 2 saturated heterocycles. The van der Waals surface area contributed by atoms with Gasteiger partial charge in [0.05, 0.1) is 12.6 Å². The summed E-state index contributed by atoms with van der Waals surface area (Å²) < 4.78 is 25.5. The molecule has 1 aliphatic carbocycles. The van der Waals surface area contributed by atoms with Gasteiger partial charge in [0, 0.05) is 18.4 Å². The number of pyridine rings is 1. The summed E-state index contributed by atoms with van der Waals surface area (Å²) in [6, 6.07) is 2.85. The number of carbonyl (C=O) groups is 1. The van der Waals surface area contributed by atoms with E-state index < -0.39 is 5.82 Å². The van der Waals surface area contributed by atoms with Gasteiger partial charge in [0.25, 0.3) is 5.88 Å². The lowest BCUT2D eigenvalue weighted by molar-refractivity contribution is -0.130. The third-order valence-electron chi connectivity index (χ3n) is 5.04. The molecule has 0 bridgehead atoms. The number of hydrogen-bond donors (Lipinski definition) is 0. The smallest absolute Gasteiger partial charge is 0.250 e. The van der Waals surface area contributed by atoms with Gasteiger partial charge in [-0.2, -0.15) is 0 Å². The predicted octanol–water partition coefficient (Wildman–Crippen LogP) is 2.47. The van der Waals surface area contributed by atoms with Crippen LogP contribution >= 0.6 is 0 Å². The van der Waals surface area contributed by atoms with Crippen molar-refractivity contribution in [2.45, 2.75) is 50.4 Å². The van der Waals surface area contributed by atoms with Crippen LogP contribution in [0.4, 0.5) is 4.39 Å². The van der Waals surface area contributed by atoms with E-state index in [0.29, 0.717) is 13.2 Å². The second-order valence-corrected chi connectivity index (χ2v) is 6.57. The Morgan fingerprint density at radius 1 is 1.42 bits per heavy atom. The summed E-state index contributed by atoms with van der Waals surface area (Å²) >= 11 is 0. The van der Waals surface area contributed by atoms with Gasteiger partial charge in [-0.25, -0.2) is 9.37 Å². The van der Waals surface area contributed by atoms with Gasteiger partial charge in [0.1, 0.15) is 12.2 Å². The molecule has 1 amide bonds. The van der Waals surface area contributed by atoms with Crippen LogP contribution in [0.25, 0.3) is 0 Å². The minimum Gasteiger partial charge on any atom is -0.468 e. The Hall–Kier alpha value is -1.95. The van der Waals surface area contributed by atoms with E-state index in [1.165, 1.54) is 18.3 Å². The SMILES string of the molecule is O=C(C1=CCCC1)N1C[C@@H](Oc2ncccc2F)[C@@H]2OCCC[C@@H]21. The predicted molar refractivity (Wildman–Crippen MR) is 85.0 cm³/mol. The maximum absolute atomic E-state index is 13.9. The third-order valence-corrected chi connectivity index (χ3v) is 5.04. The monoisotopic (exact) mass is 332 g/mol. The van der Waals surface area contributed by atoms with Gasteiger partial charge in [-0.3, -0.25) is 4.79 Å². The first-order chi connectivity index (χ1) is 11.7. The molecule has 0 radical (unpaired) electrons. The largest absolute Gasteiger partial charge is 0.468 e. The van der Waals surface area contributed by atoms with Crippen molar-refractivity contribution in [2.75, 3.05) is 13.2 Å². The minimum absolute atomic E-state index is 0.00419. The minimum atomic E-state index is -0.492. The molecule has 3 heterocycles. The van der Waals surface area contributed by atoms with E-state index in [-0.39, 0.29) is 30.0 Å². The van der Waals surface area contributed by atoms with Gasteiger partial charge in [-0.15, -0.1) is 0 Å². The number of nitrogens with zero attached hydrogens (tertiary/aromatic N) is 2. The lowest BCUT2D eigenvalue weighted by Gasteiger charge is -2.32. The van der Waals surface area contributed by atoms with E-state index >= 15 is 0 Å². The number of likely N-dealkylation sites (tertiary alicyclic amines) is 1. The van der Waals surface area contributed by atoms with Crippen molar-refractivity contribution in [2.24, 2.45) is 0 Å². The number of ether oxygens (including phenoxy) is 2. The zero-order chi connectivity index (χ0) is 16.5. The van der Waals surface area contributed by atoms with Crippen LogP contribution in [0.15, 0.2) is 30.0 Å². The Morgan fingerprint density at radius 2 is 2.33 bits per heavy atom. The van der Waals surface area contributed by atoms with Crippen LogP contribution in [0.3, 0.4) is 0 Å². The van der Waals surface area contributed by atoms with Gasteiger partial charge >= 0.3 is 0 Å². The van der Waals surface area contributed by atoms with E-state index in [2.05, 4.69) is 4.98 Å². The summed E-state index contributed by atoms with van der Waals surface area (Å²) in [6.07, 6.45) is 7.61. The van der Waals surface area contributed by atoms with Crippen molar-refractivity contribution in [1.29, 1.82) is 0 Å². The van der Waals surface area contributed by atoms with Gasteiger partial charge < -0.3 is 14.4 Å². The zero-order valence-electron chi connectivity index (χ0n) is 13.5. The summed E-state index contributed by atoms with van der Waals surface area (Å²) in [5.41, 5.74) is 0.893. The highest BCUT2D eigenvalue weighted by Crippen LogP contribution is 2.33. The Kier molecular flexibility index (Phi) is 4.22. The number of halogens is 1. The van der Waals surface area contributed by atoms with Gasteiger partial charge in [0.2, 0.25) is 5.91 Å². The Bertz CT molecular complexity index is 663. The van der Waals surface area contributed by atoms with Gasteiger partial charge in [0.15, 0.2) is 5.82 Å². The molecule has 0 N–H and O–H groups in total. The first kappa shape index (κ1) is 15.6. The van der Waals surface area contributed by atoms with E-state index in [9.17, 15) is 9.18 Å². The molecule has 0 unspecified atom stereocenters. The van der Waals surface area contributed by atoms with Gasteiger partial charge in [-0.05, 0) is 44.2 Å². The molecule has 1 aromatic rings. The summed E-state index contributed by atoms with van der Waals surface area (Å²) in [4.78, 5) is 18.7. The van der Waals surface area contributed by atoms with Crippen LogP contribution in [-0.2, 0) is 9.53 Å². The first-order valence-electron chi connectivity index (χ1n) is 8.63. The number of fused-ring (bicyclic) bond motifs is 1. The number of aromatic nitrogens is 1. The highest BCUT2D eigenvalue weighted by Gasteiger charge is 2.48.